The number of methoxy groups -OCH3 is 1. The number of nitrogens with zero attached hydrogens (tertiary/aromatic N) is 3. The number of ether oxygens (including phenoxy) is 2. The van der Waals surface area contributed by atoms with Crippen LogP contribution in [0.4, 0.5) is 5.69 Å². The fourth-order valence-electron chi connectivity index (χ4n) is 3.50. The van der Waals surface area contributed by atoms with Crippen LogP contribution in [-0.2, 0) is 30.8 Å². The van der Waals surface area contributed by atoms with Crippen molar-refractivity contribution in [3.05, 3.63) is 35.2 Å². The highest BCUT2D eigenvalue weighted by atomic mass is 32.2. The van der Waals surface area contributed by atoms with E-state index in [-0.39, 0.29) is 10.8 Å². The Morgan fingerprint density at radius 1 is 1.27 bits per heavy atom. The molecule has 33 heavy (non-hydrogen) atoms. The van der Waals surface area contributed by atoms with Gasteiger partial charge in [0.2, 0.25) is 15.9 Å². The Kier molecular flexibility index (Phi) is 8.57. The van der Waals surface area contributed by atoms with Crippen LogP contribution in [0.2, 0.25) is 0 Å². The highest BCUT2D eigenvalue weighted by Gasteiger charge is 2.28. The zero-order valence-corrected chi connectivity index (χ0v) is 21.4. The Morgan fingerprint density at radius 2 is 1.97 bits per heavy atom. The van der Waals surface area contributed by atoms with Crippen molar-refractivity contribution < 1.29 is 22.7 Å². The minimum absolute atomic E-state index is 0.198. The molecule has 1 aliphatic heterocycles. The summed E-state index contributed by atoms with van der Waals surface area (Å²) in [6, 6.07) is 4.96. The number of hydrogen-bond donors (Lipinski definition) is 1. The Balaban J connectivity index is 1.74. The number of nitrogens with one attached hydrogen (secondary N) is 1. The number of imidazole rings is 1. The summed E-state index contributed by atoms with van der Waals surface area (Å²) < 4.78 is 40.2. The molecular formula is C22H32N4O5S2. The van der Waals surface area contributed by atoms with Gasteiger partial charge in [0.15, 0.2) is 5.16 Å². The smallest absolute Gasteiger partial charge is 0.243 e. The van der Waals surface area contributed by atoms with E-state index in [1.165, 1.54) is 22.1 Å². The average Bonchev–Trinajstić information content (AvgIpc) is 3.06. The molecular weight excluding hydrogens is 464 g/mol. The number of aromatic nitrogens is 2. The molecule has 1 amide bonds. The molecule has 9 nitrogen and oxygen atoms in total. The molecule has 0 aliphatic carbocycles. The van der Waals surface area contributed by atoms with E-state index in [0.717, 1.165) is 16.5 Å². The highest BCUT2D eigenvalue weighted by molar-refractivity contribution is 8.00. The van der Waals surface area contributed by atoms with Crippen LogP contribution in [0.25, 0.3) is 0 Å². The number of amides is 1. The molecule has 0 spiro atoms. The van der Waals surface area contributed by atoms with Crippen molar-refractivity contribution >= 4 is 33.4 Å². The van der Waals surface area contributed by atoms with Crippen LogP contribution in [0.3, 0.4) is 0 Å². The molecule has 3 rings (SSSR count). The van der Waals surface area contributed by atoms with Crippen molar-refractivity contribution in [3.63, 3.8) is 0 Å². The van der Waals surface area contributed by atoms with Crippen LogP contribution in [0.15, 0.2) is 28.3 Å². The van der Waals surface area contributed by atoms with Crippen molar-refractivity contribution in [1.29, 1.82) is 0 Å². The van der Waals surface area contributed by atoms with E-state index in [2.05, 4.69) is 10.3 Å². The van der Waals surface area contributed by atoms with Gasteiger partial charge >= 0.3 is 0 Å². The molecule has 1 aromatic carbocycles. The van der Waals surface area contributed by atoms with Crippen LogP contribution in [0.1, 0.15) is 23.9 Å². The predicted molar refractivity (Wildman–Crippen MR) is 128 cm³/mol. The van der Waals surface area contributed by atoms with E-state index < -0.39 is 15.3 Å². The second kappa shape index (κ2) is 11.0. The van der Waals surface area contributed by atoms with Gasteiger partial charge in [-0.25, -0.2) is 13.4 Å². The van der Waals surface area contributed by atoms with Crippen LogP contribution < -0.4 is 5.32 Å². The summed E-state index contributed by atoms with van der Waals surface area (Å²) in [6.45, 7) is 10.1. The number of sulfonamides is 1. The van der Waals surface area contributed by atoms with Crippen molar-refractivity contribution in [2.45, 2.75) is 49.5 Å². The van der Waals surface area contributed by atoms with Crippen LogP contribution in [0.5, 0.6) is 0 Å². The van der Waals surface area contributed by atoms with E-state index in [1.54, 1.807) is 33.1 Å². The lowest BCUT2D eigenvalue weighted by Crippen LogP contribution is -2.40. The third-order valence-corrected chi connectivity index (χ3v) is 8.77. The zero-order chi connectivity index (χ0) is 24.2. The maximum Gasteiger partial charge on any atom is 0.243 e. The SMILES string of the molecule is COCCn1c(SC(C)C(=O)Nc2ccc(C)c(S(=O)(=O)N3CCOCC3)c2)nc(C)c1C. The van der Waals surface area contributed by atoms with E-state index in [0.29, 0.717) is 50.7 Å². The number of thioether (sulfide) groups is 1. The summed E-state index contributed by atoms with van der Waals surface area (Å²) in [6.07, 6.45) is 0. The first-order valence-electron chi connectivity index (χ1n) is 10.8. The van der Waals surface area contributed by atoms with Gasteiger partial charge in [0.05, 0.1) is 35.7 Å². The number of rotatable bonds is 9. The first kappa shape index (κ1) is 25.7. The van der Waals surface area contributed by atoms with Gasteiger partial charge < -0.3 is 19.4 Å². The normalized spacial score (nSPS) is 16.0. The number of hydrogen-bond acceptors (Lipinski definition) is 7. The lowest BCUT2D eigenvalue weighted by Gasteiger charge is -2.27. The van der Waals surface area contributed by atoms with Crippen LogP contribution in [0, 0.1) is 20.8 Å². The Bertz CT molecular complexity index is 1090. The van der Waals surface area contributed by atoms with Crippen LogP contribution >= 0.6 is 11.8 Å². The first-order chi connectivity index (χ1) is 15.6. The predicted octanol–water partition coefficient (Wildman–Crippen LogP) is 2.59. The van der Waals surface area contributed by atoms with Crippen molar-refractivity contribution in [2.75, 3.05) is 45.3 Å². The lowest BCUT2D eigenvalue weighted by atomic mass is 10.2. The Morgan fingerprint density at radius 3 is 2.64 bits per heavy atom. The van der Waals surface area contributed by atoms with E-state index in [9.17, 15) is 13.2 Å². The molecule has 0 saturated carbocycles. The summed E-state index contributed by atoms with van der Waals surface area (Å²) in [7, 11) is -2.01. The molecule has 182 valence electrons. The second-order valence-corrected chi connectivity index (χ2v) is 11.2. The van der Waals surface area contributed by atoms with Gasteiger partial charge in [-0.3, -0.25) is 4.79 Å². The molecule has 1 N–H and O–H groups in total. The van der Waals surface area contributed by atoms with E-state index in [4.69, 9.17) is 9.47 Å². The highest BCUT2D eigenvalue weighted by Crippen LogP contribution is 2.28. The minimum atomic E-state index is -3.66. The zero-order valence-electron chi connectivity index (χ0n) is 19.8. The molecule has 2 aromatic rings. The van der Waals surface area contributed by atoms with Crippen molar-refractivity contribution in [3.8, 4) is 0 Å². The number of benzene rings is 1. The summed E-state index contributed by atoms with van der Waals surface area (Å²) in [5, 5.41) is 3.18. The second-order valence-electron chi connectivity index (χ2n) is 7.96. The number of carbonyl (C=O) groups is 1. The number of aryl methyl sites for hydroxylation is 2. The summed E-state index contributed by atoms with van der Waals surface area (Å²) in [5.41, 5.74) is 3.03. The molecule has 1 aromatic heterocycles. The monoisotopic (exact) mass is 496 g/mol. The standard InChI is InChI=1S/C22H32N4O5S2/c1-15-6-7-19(14-20(15)33(28,29)25-8-12-31-13-9-25)24-21(27)18(4)32-22-23-16(2)17(3)26(22)10-11-30-5/h6-7,14,18H,8-13H2,1-5H3,(H,24,27). The molecule has 0 bridgehead atoms. The Hall–Kier alpha value is -1.92. The molecule has 1 aliphatic rings. The van der Waals surface area contributed by atoms with E-state index >= 15 is 0 Å². The van der Waals surface area contributed by atoms with Gasteiger partial charge in [0.25, 0.3) is 0 Å². The molecule has 1 fully saturated rings. The third kappa shape index (κ3) is 5.96. The molecule has 11 heteroatoms. The van der Waals surface area contributed by atoms with E-state index in [1.807, 2.05) is 18.4 Å². The fraction of sp³-hybridized carbons (Fsp3) is 0.545. The van der Waals surface area contributed by atoms with Gasteiger partial charge in [-0.2, -0.15) is 4.31 Å². The number of carbonyl (C=O) groups excluding carboxylic acids is 1. The maximum atomic E-state index is 13.1. The summed E-state index contributed by atoms with van der Waals surface area (Å²) in [5.74, 6) is -0.227. The molecule has 1 saturated heterocycles. The quantitative estimate of drug-likeness (QED) is 0.532. The number of anilines is 1. The van der Waals surface area contributed by atoms with Gasteiger partial charge in [0, 0.05) is 38.1 Å². The first-order valence-corrected chi connectivity index (χ1v) is 13.2. The lowest BCUT2D eigenvalue weighted by molar-refractivity contribution is -0.115. The third-order valence-electron chi connectivity index (χ3n) is 5.64. The summed E-state index contributed by atoms with van der Waals surface area (Å²) in [4.78, 5) is 17.7. The van der Waals surface area contributed by atoms with Crippen molar-refractivity contribution in [2.24, 2.45) is 0 Å². The largest absolute Gasteiger partial charge is 0.383 e. The minimum Gasteiger partial charge on any atom is -0.383 e. The average molecular weight is 497 g/mol. The van der Waals surface area contributed by atoms with Crippen LogP contribution in [-0.4, -0.2) is 73.5 Å². The molecule has 1 unspecified atom stereocenters. The van der Waals surface area contributed by atoms with Gasteiger partial charge in [-0.05, 0) is 45.4 Å². The van der Waals surface area contributed by atoms with Gasteiger partial charge in [0.1, 0.15) is 0 Å². The topological polar surface area (TPSA) is 103 Å². The maximum absolute atomic E-state index is 13.1. The fourth-order valence-corrected chi connectivity index (χ4v) is 6.18. The van der Waals surface area contributed by atoms with Crippen molar-refractivity contribution in [1.82, 2.24) is 13.9 Å². The molecule has 2 heterocycles. The van der Waals surface area contributed by atoms with Gasteiger partial charge in [-0.1, -0.05) is 17.8 Å². The van der Waals surface area contributed by atoms with Gasteiger partial charge in [-0.15, -0.1) is 0 Å². The Labute approximate surface area is 199 Å². The molecule has 1 atom stereocenters. The summed E-state index contributed by atoms with van der Waals surface area (Å²) >= 11 is 1.36. The molecule has 0 radical (unpaired) electrons. The number of morpholine rings is 1.